The number of ether oxygens (including phenoxy) is 1. The molecule has 0 aliphatic rings. The zero-order chi connectivity index (χ0) is 18.0. The number of para-hydroxylation sites is 1. The van der Waals surface area contributed by atoms with Crippen molar-refractivity contribution in [1.82, 2.24) is 4.98 Å². The number of Topliss-reactive ketones (excluding diaryl/α,β-unsaturated/α-hetero) is 1. The average molecular weight is 358 g/mol. The van der Waals surface area contributed by atoms with Crippen molar-refractivity contribution in [2.75, 3.05) is 6.61 Å². The summed E-state index contributed by atoms with van der Waals surface area (Å²) in [4.78, 5) is 27.1. The summed E-state index contributed by atoms with van der Waals surface area (Å²) in [6, 6.07) is 15.5. The van der Waals surface area contributed by atoms with Crippen LogP contribution in [0.4, 0.5) is 0 Å². The van der Waals surface area contributed by atoms with Crippen LogP contribution in [0.15, 0.2) is 54.6 Å². The van der Waals surface area contributed by atoms with Gasteiger partial charge in [-0.05, 0) is 48.7 Å². The molecule has 1 aromatic heterocycles. The van der Waals surface area contributed by atoms with Gasteiger partial charge in [0.15, 0.2) is 5.78 Å². The van der Waals surface area contributed by atoms with E-state index in [-0.39, 0.29) is 12.4 Å². The summed E-state index contributed by atoms with van der Waals surface area (Å²) in [5, 5.41) is 11.0. The van der Waals surface area contributed by atoms with Crippen LogP contribution in [0, 0.1) is 0 Å². The molecule has 3 aromatic rings. The highest BCUT2D eigenvalue weighted by atomic mass is 35.5. The number of rotatable bonds is 6. The van der Waals surface area contributed by atoms with Crippen LogP contribution in [-0.4, -0.2) is 28.4 Å². The second-order valence-electron chi connectivity index (χ2n) is 5.83. The zero-order valence-electron chi connectivity index (χ0n) is 13.5. The first-order valence-corrected chi connectivity index (χ1v) is 8.02. The molecule has 2 aromatic carbocycles. The van der Waals surface area contributed by atoms with Crippen molar-refractivity contribution in [2.24, 2.45) is 0 Å². The molecule has 0 aliphatic carbocycles. The number of benzene rings is 2. The summed E-state index contributed by atoms with van der Waals surface area (Å²) in [5.41, 5.74) is -0.0716. The summed E-state index contributed by atoms with van der Waals surface area (Å²) in [6.07, 6.45) is 0. The first kappa shape index (κ1) is 17.2. The number of carbonyl (C=O) groups is 2. The molecular formula is C19H16ClNO4. The van der Waals surface area contributed by atoms with Crippen LogP contribution in [0.2, 0.25) is 5.02 Å². The highest BCUT2D eigenvalue weighted by Gasteiger charge is 2.38. The van der Waals surface area contributed by atoms with Crippen LogP contribution in [0.5, 0.6) is 0 Å². The van der Waals surface area contributed by atoms with Crippen LogP contribution in [0.25, 0.3) is 10.9 Å². The van der Waals surface area contributed by atoms with Gasteiger partial charge >= 0.3 is 5.97 Å². The molecule has 0 saturated heterocycles. The van der Waals surface area contributed by atoms with E-state index in [1.54, 1.807) is 30.3 Å². The topological polar surface area (TPSA) is 79.4 Å². The van der Waals surface area contributed by atoms with Crippen LogP contribution in [0.3, 0.4) is 0 Å². The third kappa shape index (κ3) is 3.43. The lowest BCUT2D eigenvalue weighted by molar-refractivity contribution is -0.164. The predicted molar refractivity (Wildman–Crippen MR) is 95.0 cm³/mol. The maximum atomic E-state index is 12.3. The number of carbonyl (C=O) groups excluding carboxylic acids is 1. The molecule has 6 heteroatoms. The number of carboxylic acid groups (broad SMARTS) is 1. The lowest BCUT2D eigenvalue weighted by Crippen LogP contribution is -2.37. The van der Waals surface area contributed by atoms with Gasteiger partial charge in [-0.15, -0.1) is 0 Å². The van der Waals surface area contributed by atoms with Gasteiger partial charge in [-0.1, -0.05) is 29.8 Å². The standard InChI is InChI=1S/C19H16ClNO4/c1-19(18(23)24,17-10-13-4-2-3-5-15(13)21-17)25-11-16(22)12-6-8-14(20)9-7-12/h2-10,21H,11H2,1H3,(H,23,24). The fraction of sp³-hybridized carbons (Fsp3) is 0.158. The van der Waals surface area contributed by atoms with E-state index in [9.17, 15) is 14.7 Å². The van der Waals surface area contributed by atoms with E-state index >= 15 is 0 Å². The number of nitrogens with one attached hydrogen (secondary N) is 1. The first-order valence-electron chi connectivity index (χ1n) is 7.64. The minimum atomic E-state index is -1.67. The van der Waals surface area contributed by atoms with Gasteiger partial charge in [-0.25, -0.2) is 4.79 Å². The number of hydrogen-bond donors (Lipinski definition) is 2. The molecule has 0 bridgehead atoms. The molecule has 128 valence electrons. The fourth-order valence-corrected chi connectivity index (χ4v) is 2.64. The maximum Gasteiger partial charge on any atom is 0.341 e. The minimum Gasteiger partial charge on any atom is -0.479 e. The van der Waals surface area contributed by atoms with E-state index in [2.05, 4.69) is 4.98 Å². The largest absolute Gasteiger partial charge is 0.479 e. The molecule has 0 aliphatic heterocycles. The Morgan fingerprint density at radius 3 is 2.48 bits per heavy atom. The molecule has 3 rings (SSSR count). The van der Waals surface area contributed by atoms with E-state index < -0.39 is 11.6 Å². The highest BCUT2D eigenvalue weighted by Crippen LogP contribution is 2.28. The van der Waals surface area contributed by atoms with Crippen molar-refractivity contribution in [3.8, 4) is 0 Å². The Kier molecular flexibility index (Phi) is 4.61. The van der Waals surface area contributed by atoms with Crippen molar-refractivity contribution in [3.63, 3.8) is 0 Å². The molecule has 1 unspecified atom stereocenters. The molecule has 0 saturated carbocycles. The van der Waals surface area contributed by atoms with Gasteiger partial charge in [0.25, 0.3) is 0 Å². The van der Waals surface area contributed by atoms with Crippen molar-refractivity contribution >= 4 is 34.3 Å². The molecule has 5 nitrogen and oxygen atoms in total. The van der Waals surface area contributed by atoms with Gasteiger partial charge in [0.05, 0.1) is 5.69 Å². The van der Waals surface area contributed by atoms with Gasteiger partial charge in [-0.2, -0.15) is 0 Å². The monoisotopic (exact) mass is 357 g/mol. The number of carboxylic acids is 1. The van der Waals surface area contributed by atoms with Gasteiger partial charge in [0.2, 0.25) is 5.60 Å². The number of hydrogen-bond acceptors (Lipinski definition) is 3. The molecule has 25 heavy (non-hydrogen) atoms. The number of aromatic amines is 1. The Bertz CT molecular complexity index is 899. The number of fused-ring (bicyclic) bond motifs is 1. The van der Waals surface area contributed by atoms with Crippen LogP contribution >= 0.6 is 11.6 Å². The minimum absolute atomic E-state index is 0.319. The van der Waals surface area contributed by atoms with E-state index in [1.807, 2.05) is 24.3 Å². The molecule has 1 atom stereocenters. The van der Waals surface area contributed by atoms with Gasteiger partial charge in [-0.3, -0.25) is 4.79 Å². The molecule has 0 spiro atoms. The molecule has 0 fully saturated rings. The summed E-state index contributed by atoms with van der Waals surface area (Å²) in [7, 11) is 0. The van der Waals surface area contributed by atoms with Gasteiger partial charge in [0.1, 0.15) is 6.61 Å². The van der Waals surface area contributed by atoms with Gasteiger partial charge < -0.3 is 14.8 Å². The Morgan fingerprint density at radius 2 is 1.84 bits per heavy atom. The summed E-state index contributed by atoms with van der Waals surface area (Å²) < 4.78 is 5.54. The second-order valence-corrected chi connectivity index (χ2v) is 6.26. The van der Waals surface area contributed by atoms with Crippen molar-refractivity contribution in [3.05, 3.63) is 70.9 Å². The van der Waals surface area contributed by atoms with E-state index in [0.29, 0.717) is 16.3 Å². The number of aliphatic carboxylic acids is 1. The van der Waals surface area contributed by atoms with Gasteiger partial charge in [0, 0.05) is 16.1 Å². The molecule has 2 N–H and O–H groups in total. The normalized spacial score (nSPS) is 13.5. The molecule has 0 radical (unpaired) electrons. The van der Waals surface area contributed by atoms with Crippen LogP contribution < -0.4 is 0 Å². The maximum absolute atomic E-state index is 12.3. The lowest BCUT2D eigenvalue weighted by Gasteiger charge is -2.24. The highest BCUT2D eigenvalue weighted by molar-refractivity contribution is 6.30. The smallest absolute Gasteiger partial charge is 0.341 e. The number of halogens is 1. The second kappa shape index (κ2) is 6.70. The Hall–Kier alpha value is -2.63. The van der Waals surface area contributed by atoms with E-state index in [4.69, 9.17) is 16.3 Å². The number of aromatic nitrogens is 1. The molecule has 1 heterocycles. The van der Waals surface area contributed by atoms with Crippen molar-refractivity contribution in [1.29, 1.82) is 0 Å². The van der Waals surface area contributed by atoms with Crippen molar-refractivity contribution in [2.45, 2.75) is 12.5 Å². The SMILES string of the molecule is CC(OCC(=O)c1ccc(Cl)cc1)(C(=O)O)c1cc2ccccc2[nH]1. The van der Waals surface area contributed by atoms with Crippen LogP contribution in [-0.2, 0) is 15.1 Å². The van der Waals surface area contributed by atoms with E-state index in [0.717, 1.165) is 10.9 Å². The summed E-state index contributed by atoms with van der Waals surface area (Å²) in [6.45, 7) is 1.06. The Labute approximate surface area is 149 Å². The van der Waals surface area contributed by atoms with Crippen LogP contribution in [0.1, 0.15) is 23.0 Å². The summed E-state index contributed by atoms with van der Waals surface area (Å²) in [5.74, 6) is -1.50. The Balaban J connectivity index is 1.84. The number of ketones is 1. The fourth-order valence-electron chi connectivity index (χ4n) is 2.51. The quantitative estimate of drug-likeness (QED) is 0.653. The first-order chi connectivity index (χ1) is 11.9. The average Bonchev–Trinajstić information content (AvgIpc) is 3.04. The number of H-pyrrole nitrogens is 1. The summed E-state index contributed by atoms with van der Waals surface area (Å²) >= 11 is 5.80. The molecule has 0 amide bonds. The molecular weight excluding hydrogens is 342 g/mol. The predicted octanol–water partition coefficient (Wildman–Crippen LogP) is 4.02. The third-order valence-electron chi connectivity index (χ3n) is 4.11. The zero-order valence-corrected chi connectivity index (χ0v) is 14.2. The lowest BCUT2D eigenvalue weighted by atomic mass is 10.0. The van der Waals surface area contributed by atoms with Crippen molar-refractivity contribution < 1.29 is 19.4 Å². The van der Waals surface area contributed by atoms with E-state index in [1.165, 1.54) is 6.92 Å². The third-order valence-corrected chi connectivity index (χ3v) is 4.36. The Morgan fingerprint density at radius 1 is 1.16 bits per heavy atom.